The van der Waals surface area contributed by atoms with Crippen molar-refractivity contribution >= 4 is 39.3 Å². The van der Waals surface area contributed by atoms with E-state index in [1.165, 1.54) is 24.4 Å². The standard InChI is InChI=1S/C25H37N5O3S/c1-5-11-30(24(32)33-25(2,3)4)14-10-26-18-6-7-19-21(15-18)34-28-22(19)23(31)27-20-16-29-12-8-17(20)9-13-29/h6-7,15,17,20,26H,5,8-14,16H2,1-4H3,(H,27,31)/t20-/m1/s1. The SMILES string of the molecule is CCCN(CCNc1ccc2c(C(=O)N[C@@H]3CN4CCC3CC4)nsc2c1)C(=O)OC(C)(C)C. The van der Waals surface area contributed by atoms with Crippen molar-refractivity contribution in [2.45, 2.75) is 58.6 Å². The minimum absolute atomic E-state index is 0.0710. The lowest BCUT2D eigenvalue weighted by Gasteiger charge is -2.44. The number of aromatic nitrogens is 1. The normalized spacial score (nSPS) is 21.9. The van der Waals surface area contributed by atoms with Crippen LogP contribution in [0, 0.1) is 5.92 Å². The number of hydrogen-bond donors (Lipinski definition) is 2. The van der Waals surface area contributed by atoms with Gasteiger partial charge in [-0.2, -0.15) is 4.37 Å². The Labute approximate surface area is 206 Å². The molecule has 3 aliphatic rings. The first-order chi connectivity index (χ1) is 16.2. The second-order valence-electron chi connectivity index (χ2n) is 10.4. The van der Waals surface area contributed by atoms with Crippen molar-refractivity contribution in [1.82, 2.24) is 19.5 Å². The summed E-state index contributed by atoms with van der Waals surface area (Å²) in [7, 11) is 0. The minimum Gasteiger partial charge on any atom is -0.444 e. The Kier molecular flexibility index (Phi) is 7.62. The van der Waals surface area contributed by atoms with Gasteiger partial charge in [-0.15, -0.1) is 0 Å². The number of benzene rings is 1. The van der Waals surface area contributed by atoms with E-state index in [-0.39, 0.29) is 18.0 Å². The van der Waals surface area contributed by atoms with Gasteiger partial charge in [-0.05, 0) is 88.8 Å². The number of piperidine rings is 3. The van der Waals surface area contributed by atoms with E-state index in [2.05, 4.69) is 19.9 Å². The Bertz CT molecular complexity index is 1010. The molecule has 4 heterocycles. The van der Waals surface area contributed by atoms with Gasteiger partial charge >= 0.3 is 6.09 Å². The highest BCUT2D eigenvalue weighted by atomic mass is 32.1. The molecule has 0 saturated carbocycles. The molecule has 0 unspecified atom stereocenters. The van der Waals surface area contributed by atoms with E-state index in [4.69, 9.17) is 4.74 Å². The molecule has 1 aromatic carbocycles. The van der Waals surface area contributed by atoms with Gasteiger partial charge in [-0.1, -0.05) is 6.92 Å². The van der Waals surface area contributed by atoms with E-state index < -0.39 is 5.60 Å². The fourth-order valence-corrected chi connectivity index (χ4v) is 5.62. The molecule has 1 atom stereocenters. The maximum absolute atomic E-state index is 13.0. The van der Waals surface area contributed by atoms with Gasteiger partial charge in [0.1, 0.15) is 11.3 Å². The summed E-state index contributed by atoms with van der Waals surface area (Å²) in [5.41, 5.74) is 0.953. The van der Waals surface area contributed by atoms with E-state index in [0.29, 0.717) is 31.2 Å². The van der Waals surface area contributed by atoms with Crippen molar-refractivity contribution in [3.63, 3.8) is 0 Å². The number of carbonyl (C=O) groups excluding carboxylic acids is 2. The zero-order chi connectivity index (χ0) is 24.3. The highest BCUT2D eigenvalue weighted by molar-refractivity contribution is 7.13. The molecule has 1 aromatic heterocycles. The third-order valence-corrected chi connectivity index (χ3v) is 7.32. The van der Waals surface area contributed by atoms with Gasteiger partial charge in [-0.25, -0.2) is 4.79 Å². The topological polar surface area (TPSA) is 86.8 Å². The van der Waals surface area contributed by atoms with E-state index >= 15 is 0 Å². The zero-order valence-corrected chi connectivity index (χ0v) is 21.5. The lowest BCUT2D eigenvalue weighted by Crippen LogP contribution is -2.57. The second kappa shape index (κ2) is 10.5. The van der Waals surface area contributed by atoms with Crippen molar-refractivity contribution in [1.29, 1.82) is 0 Å². The van der Waals surface area contributed by atoms with E-state index in [9.17, 15) is 9.59 Å². The van der Waals surface area contributed by atoms with Gasteiger partial charge in [0.05, 0.1) is 4.70 Å². The number of carbonyl (C=O) groups is 2. The first kappa shape index (κ1) is 24.7. The van der Waals surface area contributed by atoms with E-state index in [1.54, 1.807) is 4.90 Å². The molecule has 8 nitrogen and oxygen atoms in total. The van der Waals surface area contributed by atoms with Gasteiger partial charge < -0.3 is 25.2 Å². The predicted octanol–water partition coefficient (Wildman–Crippen LogP) is 4.18. The fourth-order valence-electron chi connectivity index (χ4n) is 4.80. The number of rotatable bonds is 8. The summed E-state index contributed by atoms with van der Waals surface area (Å²) in [6, 6.07) is 6.18. The van der Waals surface area contributed by atoms with Crippen molar-refractivity contribution < 1.29 is 14.3 Å². The van der Waals surface area contributed by atoms with Crippen molar-refractivity contribution in [3.05, 3.63) is 23.9 Å². The molecule has 2 aromatic rings. The van der Waals surface area contributed by atoms with E-state index in [0.717, 1.165) is 41.8 Å². The highest BCUT2D eigenvalue weighted by Crippen LogP contribution is 2.29. The number of anilines is 1. The summed E-state index contributed by atoms with van der Waals surface area (Å²) in [5.74, 6) is 0.515. The number of nitrogens with zero attached hydrogens (tertiary/aromatic N) is 3. The van der Waals surface area contributed by atoms with Crippen LogP contribution in [0.25, 0.3) is 10.1 Å². The summed E-state index contributed by atoms with van der Waals surface area (Å²) in [5, 5.41) is 7.52. The van der Waals surface area contributed by atoms with Gasteiger partial charge in [0, 0.05) is 43.3 Å². The second-order valence-corrected chi connectivity index (χ2v) is 11.2. The van der Waals surface area contributed by atoms with Crippen LogP contribution in [-0.4, -0.2) is 77.1 Å². The summed E-state index contributed by atoms with van der Waals surface area (Å²) in [4.78, 5) is 29.6. The Morgan fingerprint density at radius 2 is 2.00 bits per heavy atom. The fraction of sp³-hybridized carbons (Fsp3) is 0.640. The molecular formula is C25H37N5O3S. The average Bonchev–Trinajstić information content (AvgIpc) is 3.21. The lowest BCUT2D eigenvalue weighted by atomic mass is 9.84. The predicted molar refractivity (Wildman–Crippen MR) is 137 cm³/mol. The van der Waals surface area contributed by atoms with Gasteiger partial charge in [0.25, 0.3) is 5.91 Å². The van der Waals surface area contributed by atoms with Crippen molar-refractivity contribution in [3.8, 4) is 0 Å². The largest absolute Gasteiger partial charge is 0.444 e. The quantitative estimate of drug-likeness (QED) is 0.581. The molecule has 3 aliphatic heterocycles. The highest BCUT2D eigenvalue weighted by Gasteiger charge is 2.35. The smallest absolute Gasteiger partial charge is 0.410 e. The van der Waals surface area contributed by atoms with Gasteiger partial charge in [-0.3, -0.25) is 4.79 Å². The number of nitrogens with one attached hydrogen (secondary N) is 2. The van der Waals surface area contributed by atoms with Crippen LogP contribution in [0.5, 0.6) is 0 Å². The van der Waals surface area contributed by atoms with Gasteiger partial charge in [0.15, 0.2) is 0 Å². The van der Waals surface area contributed by atoms with Crippen LogP contribution in [0.2, 0.25) is 0 Å². The molecule has 0 radical (unpaired) electrons. The van der Waals surface area contributed by atoms with Crippen LogP contribution in [-0.2, 0) is 4.74 Å². The molecule has 9 heteroatoms. The molecule has 186 valence electrons. The Hall–Kier alpha value is -2.39. The summed E-state index contributed by atoms with van der Waals surface area (Å²) >= 11 is 1.35. The third kappa shape index (κ3) is 5.99. The molecule has 34 heavy (non-hydrogen) atoms. The average molecular weight is 488 g/mol. The molecule has 3 fully saturated rings. The maximum Gasteiger partial charge on any atom is 0.410 e. The number of ether oxygens (including phenoxy) is 1. The molecule has 3 saturated heterocycles. The molecule has 2 amide bonds. The molecule has 2 N–H and O–H groups in total. The van der Waals surface area contributed by atoms with Crippen LogP contribution < -0.4 is 10.6 Å². The minimum atomic E-state index is -0.508. The first-order valence-electron chi connectivity index (χ1n) is 12.4. The van der Waals surface area contributed by atoms with Crippen LogP contribution in [0.15, 0.2) is 18.2 Å². The van der Waals surface area contributed by atoms with Crippen molar-refractivity contribution in [2.75, 3.05) is 44.6 Å². The summed E-state index contributed by atoms with van der Waals surface area (Å²) in [6.45, 7) is 12.8. The van der Waals surface area contributed by atoms with Crippen LogP contribution in [0.3, 0.4) is 0 Å². The maximum atomic E-state index is 13.0. The Morgan fingerprint density at radius 1 is 1.24 bits per heavy atom. The molecular weight excluding hydrogens is 450 g/mol. The lowest BCUT2D eigenvalue weighted by molar-refractivity contribution is 0.0257. The van der Waals surface area contributed by atoms with Crippen LogP contribution in [0.1, 0.15) is 57.4 Å². The zero-order valence-electron chi connectivity index (χ0n) is 20.7. The number of fused-ring (bicyclic) bond motifs is 4. The molecule has 5 rings (SSSR count). The molecule has 2 bridgehead atoms. The van der Waals surface area contributed by atoms with Crippen LogP contribution >= 0.6 is 11.5 Å². The number of amides is 2. The van der Waals surface area contributed by atoms with Crippen LogP contribution in [0.4, 0.5) is 10.5 Å². The Balaban J connectivity index is 1.34. The third-order valence-electron chi connectivity index (χ3n) is 6.52. The Morgan fingerprint density at radius 3 is 2.65 bits per heavy atom. The number of hydrogen-bond acceptors (Lipinski definition) is 7. The molecule has 0 spiro atoms. The first-order valence-corrected chi connectivity index (χ1v) is 13.2. The van der Waals surface area contributed by atoms with Gasteiger partial charge in [0.2, 0.25) is 0 Å². The summed E-state index contributed by atoms with van der Waals surface area (Å²) < 4.78 is 11.0. The molecule has 0 aliphatic carbocycles. The monoisotopic (exact) mass is 487 g/mol. The van der Waals surface area contributed by atoms with E-state index in [1.807, 2.05) is 45.9 Å². The van der Waals surface area contributed by atoms with Crippen molar-refractivity contribution in [2.24, 2.45) is 5.92 Å². The summed E-state index contributed by atoms with van der Waals surface area (Å²) in [6.07, 6.45) is 2.92.